The van der Waals surface area contributed by atoms with Gasteiger partial charge in [0.2, 0.25) is 0 Å². The molecule has 0 saturated heterocycles. The Morgan fingerprint density at radius 3 is 1.86 bits per heavy atom. The van der Waals surface area contributed by atoms with Crippen molar-refractivity contribution in [3.05, 3.63) is 71.8 Å². The Morgan fingerprint density at radius 2 is 1.33 bits per heavy atom. The second-order valence-electron chi connectivity index (χ2n) is 7.12. The minimum atomic E-state index is -0.0643. The van der Waals surface area contributed by atoms with E-state index in [1.54, 1.807) is 0 Å². The number of rotatable bonds is 2. The molecule has 0 spiro atoms. The van der Waals surface area contributed by atoms with E-state index in [0.717, 1.165) is 18.3 Å². The van der Waals surface area contributed by atoms with E-state index in [4.69, 9.17) is 0 Å². The van der Waals surface area contributed by atoms with Gasteiger partial charge in [-0.25, -0.2) is 0 Å². The summed E-state index contributed by atoms with van der Waals surface area (Å²) in [7, 11) is 0. The maximum Gasteiger partial charge on any atom is 0.0574 e. The van der Waals surface area contributed by atoms with Crippen LogP contribution in [0, 0.1) is 23.7 Å². The van der Waals surface area contributed by atoms with E-state index in [1.807, 2.05) is 0 Å². The molecule has 5 rings (SSSR count). The normalized spacial score (nSPS) is 38.2. The first-order chi connectivity index (χ1) is 10.3. The molecule has 0 aromatic heterocycles. The van der Waals surface area contributed by atoms with Crippen LogP contribution in [0.3, 0.4) is 0 Å². The molecular weight excluding hydrogens is 256 g/mol. The largest absolute Gasteiger partial charge is 0.393 e. The highest BCUT2D eigenvalue weighted by atomic mass is 16.3. The number of fused-ring (bicyclic) bond motifs is 5. The van der Waals surface area contributed by atoms with Gasteiger partial charge in [-0.3, -0.25) is 0 Å². The van der Waals surface area contributed by atoms with Gasteiger partial charge in [0.15, 0.2) is 0 Å². The highest BCUT2D eigenvalue weighted by molar-refractivity contribution is 5.52. The third kappa shape index (κ3) is 1.36. The van der Waals surface area contributed by atoms with Crippen LogP contribution < -0.4 is 0 Å². The van der Waals surface area contributed by atoms with E-state index >= 15 is 0 Å². The van der Waals surface area contributed by atoms with Crippen molar-refractivity contribution < 1.29 is 5.11 Å². The number of benzene rings is 2. The molecule has 21 heavy (non-hydrogen) atoms. The van der Waals surface area contributed by atoms with Crippen LogP contribution >= 0.6 is 0 Å². The summed E-state index contributed by atoms with van der Waals surface area (Å²) in [5.74, 6) is 2.63. The summed E-state index contributed by atoms with van der Waals surface area (Å²) in [4.78, 5) is 0. The van der Waals surface area contributed by atoms with Gasteiger partial charge >= 0.3 is 0 Å². The smallest absolute Gasteiger partial charge is 0.0574 e. The Labute approximate surface area is 125 Å². The van der Waals surface area contributed by atoms with Gasteiger partial charge < -0.3 is 5.11 Å². The summed E-state index contributed by atoms with van der Waals surface area (Å²) in [6.45, 7) is 0. The lowest BCUT2D eigenvalue weighted by atomic mass is 9.78. The Bertz CT molecular complexity index is 621. The molecule has 3 aliphatic rings. The summed E-state index contributed by atoms with van der Waals surface area (Å²) >= 11 is 0. The van der Waals surface area contributed by atoms with E-state index in [9.17, 15) is 5.11 Å². The Balaban J connectivity index is 1.69. The Morgan fingerprint density at radius 1 is 0.762 bits per heavy atom. The first kappa shape index (κ1) is 12.0. The van der Waals surface area contributed by atoms with Crippen molar-refractivity contribution in [1.29, 1.82) is 0 Å². The van der Waals surface area contributed by atoms with E-state index in [2.05, 4.69) is 60.7 Å². The maximum atomic E-state index is 10.3. The van der Waals surface area contributed by atoms with Crippen LogP contribution in [0.1, 0.15) is 24.0 Å². The van der Waals surface area contributed by atoms with Crippen molar-refractivity contribution in [3.8, 4) is 0 Å². The zero-order chi connectivity index (χ0) is 14.0. The highest BCUT2D eigenvalue weighted by Gasteiger charge is 2.77. The molecule has 0 unspecified atom stereocenters. The molecule has 3 saturated carbocycles. The molecule has 1 nitrogen and oxygen atoms in total. The molecule has 106 valence electrons. The zero-order valence-corrected chi connectivity index (χ0v) is 12.0. The van der Waals surface area contributed by atoms with Gasteiger partial charge in [-0.1, -0.05) is 60.7 Å². The predicted molar refractivity (Wildman–Crippen MR) is 82.9 cm³/mol. The van der Waals surface area contributed by atoms with Crippen LogP contribution in [0.5, 0.6) is 0 Å². The second kappa shape index (κ2) is 3.98. The quantitative estimate of drug-likeness (QED) is 0.888. The summed E-state index contributed by atoms with van der Waals surface area (Å²) < 4.78 is 0. The molecule has 1 heteroatoms. The average molecular weight is 276 g/mol. The van der Waals surface area contributed by atoms with Crippen molar-refractivity contribution in [2.75, 3.05) is 0 Å². The van der Waals surface area contributed by atoms with Gasteiger partial charge in [0.1, 0.15) is 0 Å². The molecule has 0 aliphatic heterocycles. The van der Waals surface area contributed by atoms with E-state index in [0.29, 0.717) is 11.8 Å². The standard InChI is InChI=1S/C20H20O/c21-17-12-13-11-16(17)19-18(13)20(19,14-7-3-1-4-8-14)15-9-5-2-6-10-15/h1-10,13,16-19,21H,11-12H2/t13-,16+,17-,18+,19-/m0/s1. The second-order valence-corrected chi connectivity index (χ2v) is 7.12. The van der Waals surface area contributed by atoms with Crippen molar-refractivity contribution >= 4 is 0 Å². The van der Waals surface area contributed by atoms with Crippen LogP contribution in [-0.2, 0) is 5.41 Å². The summed E-state index contributed by atoms with van der Waals surface area (Å²) in [6.07, 6.45) is 2.20. The van der Waals surface area contributed by atoms with Crippen LogP contribution in [0.2, 0.25) is 0 Å². The van der Waals surface area contributed by atoms with Crippen molar-refractivity contribution in [1.82, 2.24) is 0 Å². The predicted octanol–water partition coefficient (Wildman–Crippen LogP) is 3.62. The fraction of sp³-hybridized carbons (Fsp3) is 0.400. The van der Waals surface area contributed by atoms with Crippen LogP contribution in [0.15, 0.2) is 60.7 Å². The van der Waals surface area contributed by atoms with Gasteiger partial charge in [0.05, 0.1) is 6.10 Å². The van der Waals surface area contributed by atoms with Crippen LogP contribution in [0.4, 0.5) is 0 Å². The molecular formula is C20H20O. The molecule has 2 bridgehead atoms. The topological polar surface area (TPSA) is 20.2 Å². The monoisotopic (exact) mass is 276 g/mol. The van der Waals surface area contributed by atoms with E-state index < -0.39 is 0 Å². The minimum Gasteiger partial charge on any atom is -0.393 e. The van der Waals surface area contributed by atoms with Gasteiger partial charge in [0.25, 0.3) is 0 Å². The molecule has 0 heterocycles. The third-order valence-electron chi connectivity index (χ3n) is 6.41. The Kier molecular flexibility index (Phi) is 2.27. The summed E-state index contributed by atoms with van der Waals surface area (Å²) in [5, 5.41) is 10.3. The molecule has 0 radical (unpaired) electrons. The fourth-order valence-corrected chi connectivity index (χ4v) is 5.84. The van der Waals surface area contributed by atoms with E-state index in [-0.39, 0.29) is 11.5 Å². The van der Waals surface area contributed by atoms with Crippen molar-refractivity contribution in [2.45, 2.75) is 24.4 Å². The molecule has 0 amide bonds. The lowest BCUT2D eigenvalue weighted by molar-refractivity contribution is 0.106. The highest BCUT2D eigenvalue weighted by Crippen LogP contribution is 2.78. The Hall–Kier alpha value is -1.60. The van der Waals surface area contributed by atoms with Crippen LogP contribution in [-0.4, -0.2) is 11.2 Å². The van der Waals surface area contributed by atoms with Gasteiger partial charge in [-0.15, -0.1) is 0 Å². The van der Waals surface area contributed by atoms with Crippen molar-refractivity contribution in [3.63, 3.8) is 0 Å². The first-order valence-electron chi connectivity index (χ1n) is 8.12. The number of hydrogen-bond acceptors (Lipinski definition) is 1. The molecule has 2 aromatic carbocycles. The fourth-order valence-electron chi connectivity index (χ4n) is 5.84. The number of aliphatic hydroxyl groups is 1. The number of aliphatic hydroxyl groups excluding tert-OH is 1. The van der Waals surface area contributed by atoms with Gasteiger partial charge in [-0.2, -0.15) is 0 Å². The third-order valence-corrected chi connectivity index (χ3v) is 6.41. The van der Waals surface area contributed by atoms with Crippen molar-refractivity contribution in [2.24, 2.45) is 23.7 Å². The lowest BCUT2D eigenvalue weighted by Crippen LogP contribution is -2.22. The first-order valence-corrected chi connectivity index (χ1v) is 8.12. The number of hydrogen-bond donors (Lipinski definition) is 1. The lowest BCUT2D eigenvalue weighted by Gasteiger charge is -2.25. The molecule has 2 aromatic rings. The van der Waals surface area contributed by atoms with Crippen LogP contribution in [0.25, 0.3) is 0 Å². The molecule has 1 N–H and O–H groups in total. The minimum absolute atomic E-state index is 0.0643. The molecule has 3 fully saturated rings. The van der Waals surface area contributed by atoms with E-state index in [1.165, 1.54) is 17.5 Å². The zero-order valence-electron chi connectivity index (χ0n) is 12.0. The average Bonchev–Trinajstić information content (AvgIpc) is 2.93. The SMILES string of the molecule is O[C@H]1C[C@@H]2C[C@H]1[C@H]1[C@@H]2C1(c1ccccc1)c1ccccc1. The van der Waals surface area contributed by atoms with Gasteiger partial charge in [0, 0.05) is 5.41 Å². The van der Waals surface area contributed by atoms with Gasteiger partial charge in [-0.05, 0) is 47.6 Å². The summed E-state index contributed by atoms with van der Waals surface area (Å²) in [6, 6.07) is 22.0. The summed E-state index contributed by atoms with van der Waals surface area (Å²) in [5.41, 5.74) is 3.08. The molecule has 3 aliphatic carbocycles. The maximum absolute atomic E-state index is 10.3. The molecule has 5 atom stereocenters.